The third-order valence-corrected chi connectivity index (χ3v) is 4.25. The average Bonchev–Trinajstić information content (AvgIpc) is 2.47. The van der Waals surface area contributed by atoms with Crippen molar-refractivity contribution in [2.24, 2.45) is 0 Å². The number of hydrogen-bond acceptors (Lipinski definition) is 5. The minimum absolute atomic E-state index is 0.0207. The average molecular weight is 291 g/mol. The molecule has 2 rings (SSSR count). The Bertz CT molecular complexity index is 598. The summed E-state index contributed by atoms with van der Waals surface area (Å²) in [6, 6.07) is 4.70. The molecule has 112 valence electrons. The highest BCUT2D eigenvalue weighted by atomic mass is 16.6. The van der Waals surface area contributed by atoms with Crippen LogP contribution in [0.25, 0.3) is 0 Å². The Labute approximate surface area is 122 Å². The Morgan fingerprint density at radius 3 is 2.48 bits per heavy atom. The zero-order valence-electron chi connectivity index (χ0n) is 12.0. The van der Waals surface area contributed by atoms with Crippen molar-refractivity contribution >= 4 is 17.4 Å². The van der Waals surface area contributed by atoms with Gasteiger partial charge in [0.1, 0.15) is 5.78 Å². The van der Waals surface area contributed by atoms with Gasteiger partial charge in [0.2, 0.25) is 0 Å². The van der Waals surface area contributed by atoms with Crippen LogP contribution < -0.4 is 0 Å². The molecule has 0 aliphatic heterocycles. The number of rotatable bonds is 3. The van der Waals surface area contributed by atoms with E-state index < -0.39 is 16.3 Å². The van der Waals surface area contributed by atoms with Crippen LogP contribution in [-0.4, -0.2) is 23.8 Å². The first-order chi connectivity index (χ1) is 9.92. The van der Waals surface area contributed by atoms with Gasteiger partial charge >= 0.3 is 5.97 Å². The van der Waals surface area contributed by atoms with Crippen molar-refractivity contribution in [2.45, 2.75) is 38.0 Å². The van der Waals surface area contributed by atoms with Crippen LogP contribution in [0.1, 0.15) is 36.8 Å². The van der Waals surface area contributed by atoms with Crippen molar-refractivity contribution in [3.8, 4) is 0 Å². The highest BCUT2D eigenvalue weighted by Crippen LogP contribution is 2.42. The van der Waals surface area contributed by atoms with Gasteiger partial charge in [0.15, 0.2) is 0 Å². The number of carbonyl (C=O) groups excluding carboxylic acids is 2. The van der Waals surface area contributed by atoms with E-state index in [0.717, 1.165) is 0 Å². The molecule has 0 N–H and O–H groups in total. The fourth-order valence-electron chi connectivity index (χ4n) is 3.07. The van der Waals surface area contributed by atoms with Crippen LogP contribution in [0.3, 0.4) is 0 Å². The van der Waals surface area contributed by atoms with E-state index in [4.69, 9.17) is 4.74 Å². The highest BCUT2D eigenvalue weighted by molar-refractivity contribution is 5.89. The zero-order valence-corrected chi connectivity index (χ0v) is 12.0. The molecule has 0 saturated heterocycles. The molecule has 1 aliphatic carbocycles. The maximum absolute atomic E-state index is 12.3. The number of carbonyl (C=O) groups is 2. The monoisotopic (exact) mass is 291 g/mol. The SMILES string of the molecule is COC(=O)C1(c2cccc([N+](=O)[O-])c2C)CCC(=O)CC1. The number of nitrogens with zero attached hydrogens (tertiary/aromatic N) is 1. The first-order valence-electron chi connectivity index (χ1n) is 6.77. The van der Waals surface area contributed by atoms with Crippen LogP contribution in [0.2, 0.25) is 0 Å². The number of hydrogen-bond donors (Lipinski definition) is 0. The molecule has 21 heavy (non-hydrogen) atoms. The van der Waals surface area contributed by atoms with Crippen molar-refractivity contribution in [1.29, 1.82) is 0 Å². The van der Waals surface area contributed by atoms with E-state index >= 15 is 0 Å². The van der Waals surface area contributed by atoms with E-state index in [-0.39, 0.29) is 24.3 Å². The van der Waals surface area contributed by atoms with Crippen LogP contribution in [0.4, 0.5) is 5.69 Å². The molecule has 0 spiro atoms. The molecular weight excluding hydrogens is 274 g/mol. The first-order valence-corrected chi connectivity index (χ1v) is 6.77. The van der Waals surface area contributed by atoms with Gasteiger partial charge < -0.3 is 4.74 Å². The second-order valence-corrected chi connectivity index (χ2v) is 5.32. The van der Waals surface area contributed by atoms with E-state index in [1.165, 1.54) is 13.2 Å². The maximum atomic E-state index is 12.3. The summed E-state index contributed by atoms with van der Waals surface area (Å²) in [6.45, 7) is 1.63. The van der Waals surface area contributed by atoms with Crippen molar-refractivity contribution in [3.05, 3.63) is 39.4 Å². The predicted molar refractivity (Wildman–Crippen MR) is 75.0 cm³/mol. The molecule has 1 saturated carbocycles. The Kier molecular flexibility index (Phi) is 4.06. The molecule has 0 heterocycles. The van der Waals surface area contributed by atoms with E-state index in [9.17, 15) is 19.7 Å². The lowest BCUT2D eigenvalue weighted by atomic mass is 9.67. The summed E-state index contributed by atoms with van der Waals surface area (Å²) >= 11 is 0. The summed E-state index contributed by atoms with van der Waals surface area (Å²) in [5.41, 5.74) is 0.0738. The second kappa shape index (κ2) is 5.63. The number of benzene rings is 1. The molecule has 0 amide bonds. The number of ether oxygens (including phenoxy) is 1. The van der Waals surface area contributed by atoms with Gasteiger partial charge in [0.25, 0.3) is 5.69 Å². The quantitative estimate of drug-likeness (QED) is 0.485. The smallest absolute Gasteiger partial charge is 0.316 e. The summed E-state index contributed by atoms with van der Waals surface area (Å²) in [5, 5.41) is 11.1. The van der Waals surface area contributed by atoms with Crippen LogP contribution in [0.5, 0.6) is 0 Å². The minimum atomic E-state index is -0.960. The van der Waals surface area contributed by atoms with Gasteiger partial charge in [-0.15, -0.1) is 0 Å². The zero-order chi connectivity index (χ0) is 15.6. The van der Waals surface area contributed by atoms with Gasteiger partial charge in [-0.25, -0.2) is 0 Å². The molecule has 1 aliphatic rings. The Morgan fingerprint density at radius 1 is 1.33 bits per heavy atom. The molecule has 1 aromatic carbocycles. The maximum Gasteiger partial charge on any atom is 0.316 e. The van der Waals surface area contributed by atoms with Gasteiger partial charge in [-0.05, 0) is 25.3 Å². The fourth-order valence-corrected chi connectivity index (χ4v) is 3.07. The second-order valence-electron chi connectivity index (χ2n) is 5.32. The van der Waals surface area contributed by atoms with Gasteiger partial charge in [0.05, 0.1) is 17.4 Å². The molecule has 0 bridgehead atoms. The van der Waals surface area contributed by atoms with Crippen LogP contribution in [0, 0.1) is 17.0 Å². The molecule has 1 fully saturated rings. The Hall–Kier alpha value is -2.24. The van der Waals surface area contributed by atoms with Crippen LogP contribution >= 0.6 is 0 Å². The molecule has 0 radical (unpaired) electrons. The van der Waals surface area contributed by atoms with E-state index in [1.54, 1.807) is 19.1 Å². The molecule has 0 aromatic heterocycles. The topological polar surface area (TPSA) is 86.5 Å². The fraction of sp³-hybridized carbons (Fsp3) is 0.467. The summed E-state index contributed by atoms with van der Waals surface area (Å²) in [4.78, 5) is 34.4. The highest BCUT2D eigenvalue weighted by Gasteiger charge is 2.45. The summed E-state index contributed by atoms with van der Waals surface area (Å²) < 4.78 is 4.92. The van der Waals surface area contributed by atoms with Crippen LogP contribution in [-0.2, 0) is 19.7 Å². The van der Waals surface area contributed by atoms with E-state index in [2.05, 4.69) is 0 Å². The van der Waals surface area contributed by atoms with E-state index in [1.807, 2.05) is 0 Å². The van der Waals surface area contributed by atoms with Crippen molar-refractivity contribution in [3.63, 3.8) is 0 Å². The number of nitro groups is 1. The standard InChI is InChI=1S/C15H17NO5/c1-10-12(4-3-5-13(10)16(19)20)15(14(18)21-2)8-6-11(17)7-9-15/h3-5H,6-9H2,1-2H3. The first kappa shape index (κ1) is 15.2. The van der Waals surface area contributed by atoms with E-state index in [0.29, 0.717) is 24.0 Å². The van der Waals surface area contributed by atoms with Gasteiger partial charge in [-0.2, -0.15) is 0 Å². The Morgan fingerprint density at radius 2 is 1.95 bits per heavy atom. The third kappa shape index (κ3) is 2.53. The van der Waals surface area contributed by atoms with Gasteiger partial charge in [0, 0.05) is 24.5 Å². The third-order valence-electron chi connectivity index (χ3n) is 4.25. The molecule has 6 heteroatoms. The van der Waals surface area contributed by atoms with Crippen molar-refractivity contribution < 1.29 is 19.2 Å². The number of ketones is 1. The minimum Gasteiger partial charge on any atom is -0.468 e. The predicted octanol–water partition coefficient (Wildman–Crippen LogP) is 2.46. The lowest BCUT2D eigenvalue weighted by molar-refractivity contribution is -0.385. The Balaban J connectivity index is 2.57. The van der Waals surface area contributed by atoms with Crippen molar-refractivity contribution in [2.75, 3.05) is 7.11 Å². The molecule has 0 atom stereocenters. The summed E-state index contributed by atoms with van der Waals surface area (Å²) in [5.74, 6) is -0.323. The molecule has 6 nitrogen and oxygen atoms in total. The van der Waals surface area contributed by atoms with Gasteiger partial charge in [-0.3, -0.25) is 19.7 Å². The molecule has 0 unspecified atom stereocenters. The lowest BCUT2D eigenvalue weighted by Crippen LogP contribution is -2.41. The number of esters is 1. The summed E-state index contributed by atoms with van der Waals surface area (Å²) in [6.07, 6.45) is 1.25. The lowest BCUT2D eigenvalue weighted by Gasteiger charge is -2.35. The van der Waals surface area contributed by atoms with Gasteiger partial charge in [-0.1, -0.05) is 12.1 Å². The molecule has 1 aromatic rings. The number of Topliss-reactive ketones (excluding diaryl/α,β-unsaturated/α-hetero) is 1. The van der Waals surface area contributed by atoms with Crippen molar-refractivity contribution in [1.82, 2.24) is 0 Å². The van der Waals surface area contributed by atoms with Crippen LogP contribution in [0.15, 0.2) is 18.2 Å². The number of nitro benzene ring substituents is 1. The molecular formula is C15H17NO5. The largest absolute Gasteiger partial charge is 0.468 e. The number of methoxy groups -OCH3 is 1. The normalized spacial score (nSPS) is 17.3. The summed E-state index contributed by atoms with van der Waals surface area (Å²) in [7, 11) is 1.30.